The van der Waals surface area contributed by atoms with Crippen LogP contribution in [0.3, 0.4) is 0 Å². The summed E-state index contributed by atoms with van der Waals surface area (Å²) < 4.78 is 2.87. The molecular weight excluding hydrogens is 306 g/mol. The molecule has 21 heavy (non-hydrogen) atoms. The molecule has 0 atom stereocenters. The van der Waals surface area contributed by atoms with E-state index in [0.717, 1.165) is 15.8 Å². The molecule has 0 amide bonds. The Morgan fingerprint density at radius 3 is 2.95 bits per heavy atom. The molecule has 2 aromatic heterocycles. The highest BCUT2D eigenvalue weighted by molar-refractivity contribution is 8.00. The van der Waals surface area contributed by atoms with Gasteiger partial charge in [0.05, 0.1) is 17.4 Å². The summed E-state index contributed by atoms with van der Waals surface area (Å²) in [5.41, 5.74) is 1.61. The molecule has 0 aromatic carbocycles. The normalized spacial score (nSPS) is 15.7. The van der Waals surface area contributed by atoms with Gasteiger partial charge >= 0.3 is 5.97 Å². The molecule has 1 saturated carbocycles. The van der Waals surface area contributed by atoms with Crippen LogP contribution >= 0.6 is 23.1 Å². The molecule has 2 aromatic rings. The molecule has 0 saturated heterocycles. The highest BCUT2D eigenvalue weighted by Gasteiger charge is 2.18. The molecule has 0 aliphatic heterocycles. The molecule has 112 valence electrons. The molecule has 0 radical (unpaired) electrons. The van der Waals surface area contributed by atoms with Crippen LogP contribution in [0.4, 0.5) is 0 Å². The van der Waals surface area contributed by atoms with Crippen molar-refractivity contribution in [3.8, 4) is 0 Å². The summed E-state index contributed by atoms with van der Waals surface area (Å²) in [4.78, 5) is 15.6. The second kappa shape index (κ2) is 6.19. The molecular formula is C14H17N3O2S2. The molecule has 1 N–H and O–H groups in total. The number of aromatic carboxylic acids is 1. The van der Waals surface area contributed by atoms with E-state index in [2.05, 4.69) is 21.0 Å². The van der Waals surface area contributed by atoms with Gasteiger partial charge in [-0.15, -0.1) is 11.3 Å². The second-order valence-electron chi connectivity index (χ2n) is 5.21. The fourth-order valence-corrected chi connectivity index (χ4v) is 4.52. The van der Waals surface area contributed by atoms with Crippen molar-refractivity contribution in [2.24, 2.45) is 0 Å². The first-order valence-corrected chi connectivity index (χ1v) is 8.81. The quantitative estimate of drug-likeness (QED) is 0.849. The largest absolute Gasteiger partial charge is 0.477 e. The lowest BCUT2D eigenvalue weighted by molar-refractivity contribution is 0.0701. The summed E-state index contributed by atoms with van der Waals surface area (Å²) in [6.07, 6.45) is 7.10. The van der Waals surface area contributed by atoms with Crippen molar-refractivity contribution in [1.29, 1.82) is 0 Å². The van der Waals surface area contributed by atoms with Crippen LogP contribution in [0.5, 0.6) is 0 Å². The molecule has 7 heteroatoms. The van der Waals surface area contributed by atoms with E-state index < -0.39 is 5.97 Å². The number of carbonyl (C=O) groups is 1. The Bertz CT molecular complexity index is 644. The standard InChI is InChI=1S/C14H17N3O2S2/c1-9-12(13(18)19)21-14(15-9)20-8-10-6-7-17(16-10)11-4-2-3-5-11/h6-7,11H,2-5,8H2,1H3,(H,18,19). The number of hydrogen-bond donors (Lipinski definition) is 1. The first kappa shape index (κ1) is 14.6. The van der Waals surface area contributed by atoms with E-state index >= 15 is 0 Å². The second-order valence-corrected chi connectivity index (χ2v) is 7.44. The fraction of sp³-hybridized carbons (Fsp3) is 0.500. The number of hydrogen-bond acceptors (Lipinski definition) is 5. The van der Waals surface area contributed by atoms with Crippen LogP contribution in [0, 0.1) is 6.92 Å². The zero-order valence-corrected chi connectivity index (χ0v) is 13.4. The lowest BCUT2D eigenvalue weighted by Gasteiger charge is -2.08. The topological polar surface area (TPSA) is 68.0 Å². The van der Waals surface area contributed by atoms with Gasteiger partial charge in [-0.3, -0.25) is 4.68 Å². The van der Waals surface area contributed by atoms with Crippen LogP contribution in [0.15, 0.2) is 16.6 Å². The van der Waals surface area contributed by atoms with Gasteiger partial charge in [-0.05, 0) is 25.8 Å². The molecule has 1 aliphatic carbocycles. The number of thiazole rings is 1. The SMILES string of the molecule is Cc1nc(SCc2ccn(C3CCCC3)n2)sc1C(=O)O. The summed E-state index contributed by atoms with van der Waals surface area (Å²) >= 11 is 2.79. The average Bonchev–Trinajstić information content (AvgIpc) is 3.16. The summed E-state index contributed by atoms with van der Waals surface area (Å²) in [5.74, 6) is -0.173. The van der Waals surface area contributed by atoms with Gasteiger partial charge < -0.3 is 5.11 Å². The van der Waals surface area contributed by atoms with Crippen LogP contribution in [0.25, 0.3) is 0 Å². The van der Waals surface area contributed by atoms with Crippen molar-refractivity contribution in [2.45, 2.75) is 48.7 Å². The molecule has 3 rings (SSSR count). The van der Waals surface area contributed by atoms with Crippen LogP contribution < -0.4 is 0 Å². The van der Waals surface area contributed by atoms with Crippen molar-refractivity contribution >= 4 is 29.1 Å². The Kier molecular flexibility index (Phi) is 4.30. The Labute approximate surface area is 131 Å². The minimum Gasteiger partial charge on any atom is -0.477 e. The van der Waals surface area contributed by atoms with E-state index in [4.69, 9.17) is 5.11 Å². The Morgan fingerprint density at radius 2 is 2.29 bits per heavy atom. The summed E-state index contributed by atoms with van der Waals surface area (Å²) in [6, 6.07) is 2.61. The van der Waals surface area contributed by atoms with Crippen LogP contribution in [-0.4, -0.2) is 25.8 Å². The Balaban J connectivity index is 1.62. The number of thioether (sulfide) groups is 1. The van der Waals surface area contributed by atoms with Gasteiger partial charge in [0.25, 0.3) is 0 Å². The molecule has 1 aliphatic rings. The van der Waals surface area contributed by atoms with Crippen molar-refractivity contribution in [3.63, 3.8) is 0 Å². The van der Waals surface area contributed by atoms with E-state index in [1.165, 1.54) is 37.0 Å². The molecule has 1 fully saturated rings. The Hall–Kier alpha value is -1.34. The van der Waals surface area contributed by atoms with Gasteiger partial charge in [0.2, 0.25) is 0 Å². The smallest absolute Gasteiger partial charge is 0.347 e. The molecule has 0 bridgehead atoms. The van der Waals surface area contributed by atoms with E-state index in [1.54, 1.807) is 18.7 Å². The van der Waals surface area contributed by atoms with E-state index in [-0.39, 0.29) is 0 Å². The highest BCUT2D eigenvalue weighted by atomic mass is 32.2. The van der Waals surface area contributed by atoms with Gasteiger partial charge in [-0.25, -0.2) is 9.78 Å². The zero-order chi connectivity index (χ0) is 14.8. The van der Waals surface area contributed by atoms with Gasteiger partial charge in [-0.2, -0.15) is 5.10 Å². The van der Waals surface area contributed by atoms with Gasteiger partial charge in [0.15, 0.2) is 4.34 Å². The summed E-state index contributed by atoms with van der Waals surface area (Å²) in [6.45, 7) is 1.73. The number of aryl methyl sites for hydroxylation is 1. The molecule has 5 nitrogen and oxygen atoms in total. The maximum atomic E-state index is 11.0. The third kappa shape index (κ3) is 3.29. The minimum absolute atomic E-state index is 0.328. The summed E-state index contributed by atoms with van der Waals surface area (Å²) in [7, 11) is 0. The maximum Gasteiger partial charge on any atom is 0.347 e. The van der Waals surface area contributed by atoms with Crippen LogP contribution in [0.2, 0.25) is 0 Å². The van der Waals surface area contributed by atoms with E-state index in [9.17, 15) is 4.79 Å². The predicted octanol–water partition coefficient (Wildman–Crippen LogP) is 3.75. The van der Waals surface area contributed by atoms with E-state index in [1.807, 2.05) is 6.07 Å². The van der Waals surface area contributed by atoms with Gasteiger partial charge in [0, 0.05) is 11.9 Å². The number of carboxylic acids is 1. The minimum atomic E-state index is -0.901. The van der Waals surface area contributed by atoms with Crippen molar-refractivity contribution in [2.75, 3.05) is 0 Å². The lowest BCUT2D eigenvalue weighted by atomic mass is 10.3. The van der Waals surface area contributed by atoms with Gasteiger partial charge in [0.1, 0.15) is 4.88 Å². The first-order chi connectivity index (χ1) is 10.1. The highest BCUT2D eigenvalue weighted by Crippen LogP contribution is 2.31. The Morgan fingerprint density at radius 1 is 1.52 bits per heavy atom. The maximum absolute atomic E-state index is 11.0. The van der Waals surface area contributed by atoms with E-state index in [0.29, 0.717) is 16.6 Å². The third-order valence-corrected chi connectivity index (χ3v) is 6.00. The summed E-state index contributed by atoms with van der Waals surface area (Å²) in [5, 5.41) is 13.7. The predicted molar refractivity (Wildman–Crippen MR) is 83.1 cm³/mol. The van der Waals surface area contributed by atoms with Crippen molar-refractivity contribution in [1.82, 2.24) is 14.8 Å². The van der Waals surface area contributed by atoms with Gasteiger partial charge in [-0.1, -0.05) is 24.6 Å². The first-order valence-electron chi connectivity index (χ1n) is 7.01. The molecule has 2 heterocycles. The monoisotopic (exact) mass is 323 g/mol. The van der Waals surface area contributed by atoms with Crippen molar-refractivity contribution < 1.29 is 9.90 Å². The third-order valence-electron chi connectivity index (χ3n) is 3.68. The van der Waals surface area contributed by atoms with Crippen LogP contribution in [-0.2, 0) is 5.75 Å². The average molecular weight is 323 g/mol. The fourth-order valence-electron chi connectivity index (χ4n) is 2.59. The molecule has 0 spiro atoms. The van der Waals surface area contributed by atoms with Crippen LogP contribution in [0.1, 0.15) is 52.8 Å². The number of aromatic nitrogens is 3. The molecule has 0 unspecified atom stereocenters. The number of nitrogens with zero attached hydrogens (tertiary/aromatic N) is 3. The number of rotatable bonds is 5. The zero-order valence-electron chi connectivity index (χ0n) is 11.8. The lowest BCUT2D eigenvalue weighted by Crippen LogP contribution is -2.05. The van der Waals surface area contributed by atoms with Crippen molar-refractivity contribution in [3.05, 3.63) is 28.5 Å². The number of carboxylic acid groups (broad SMARTS) is 1.